The summed E-state index contributed by atoms with van der Waals surface area (Å²) in [5.74, 6) is -0.405. The van der Waals surface area contributed by atoms with Gasteiger partial charge < -0.3 is 5.11 Å². The van der Waals surface area contributed by atoms with E-state index in [1.165, 1.54) is 11.8 Å². The van der Waals surface area contributed by atoms with Crippen LogP contribution in [-0.4, -0.2) is 21.3 Å². The topological polar surface area (TPSA) is 50.2 Å². The van der Waals surface area contributed by atoms with E-state index in [1.807, 2.05) is 0 Å². The third-order valence-corrected chi connectivity index (χ3v) is 4.02. The summed E-state index contributed by atoms with van der Waals surface area (Å²) in [4.78, 5) is 15.3. The van der Waals surface area contributed by atoms with Crippen molar-refractivity contribution in [1.29, 1.82) is 0 Å². The monoisotopic (exact) mass is 239 g/mol. The molecule has 16 heavy (non-hydrogen) atoms. The van der Waals surface area contributed by atoms with Crippen LogP contribution >= 0.6 is 11.8 Å². The molecule has 1 N–H and O–H groups in total. The van der Waals surface area contributed by atoms with Gasteiger partial charge in [0.1, 0.15) is 5.03 Å². The largest absolute Gasteiger partial charge is 0.478 e. The van der Waals surface area contributed by atoms with Crippen molar-refractivity contribution in [2.45, 2.75) is 38.0 Å². The Morgan fingerprint density at radius 1 is 1.44 bits per heavy atom. The molecule has 1 heterocycles. The molecular formula is C12H17NO2S. The lowest BCUT2D eigenvalue weighted by atomic mass is 10.1. The fourth-order valence-electron chi connectivity index (χ4n) is 1.19. The Labute approximate surface area is 100 Å². The summed E-state index contributed by atoms with van der Waals surface area (Å²) in [6.45, 7) is 8.13. The highest BCUT2D eigenvalue weighted by Crippen LogP contribution is 2.29. The maximum atomic E-state index is 11.1. The number of carbonyl (C=O) groups is 1. The summed E-state index contributed by atoms with van der Waals surface area (Å²) in [7, 11) is 0. The Morgan fingerprint density at radius 2 is 2.06 bits per heavy atom. The lowest BCUT2D eigenvalue weighted by molar-refractivity contribution is 0.0691. The average Bonchev–Trinajstić information content (AvgIpc) is 2.16. The van der Waals surface area contributed by atoms with Gasteiger partial charge in [-0.15, -0.1) is 11.8 Å². The second-order valence-corrected chi connectivity index (χ2v) is 5.55. The summed E-state index contributed by atoms with van der Waals surface area (Å²) < 4.78 is 0. The van der Waals surface area contributed by atoms with Crippen molar-refractivity contribution in [3.8, 4) is 0 Å². The van der Waals surface area contributed by atoms with Crippen LogP contribution in [0.1, 0.15) is 36.7 Å². The quantitative estimate of drug-likeness (QED) is 0.820. The van der Waals surface area contributed by atoms with E-state index in [-0.39, 0.29) is 0 Å². The molecular weight excluding hydrogens is 222 g/mol. The van der Waals surface area contributed by atoms with Crippen molar-refractivity contribution >= 4 is 17.7 Å². The van der Waals surface area contributed by atoms with Gasteiger partial charge in [0.25, 0.3) is 0 Å². The van der Waals surface area contributed by atoms with Gasteiger partial charge in [0.2, 0.25) is 0 Å². The first-order valence-corrected chi connectivity index (χ1v) is 6.17. The molecule has 0 bridgehead atoms. The first-order chi connectivity index (χ1) is 7.43. The van der Waals surface area contributed by atoms with E-state index < -0.39 is 5.97 Å². The number of pyridine rings is 1. The molecule has 0 saturated heterocycles. The molecule has 0 aliphatic heterocycles. The van der Waals surface area contributed by atoms with Crippen LogP contribution < -0.4 is 0 Å². The predicted octanol–water partition coefficient (Wildman–Crippen LogP) is 3.22. The molecule has 3 nitrogen and oxygen atoms in total. The third-order valence-electron chi connectivity index (χ3n) is 2.57. The van der Waals surface area contributed by atoms with Crippen LogP contribution in [0.5, 0.6) is 0 Å². The zero-order valence-corrected chi connectivity index (χ0v) is 10.8. The van der Waals surface area contributed by atoms with Crippen LogP contribution in [-0.2, 0) is 0 Å². The fraction of sp³-hybridized carbons (Fsp3) is 0.500. The minimum atomic E-state index is -0.899. The minimum absolute atomic E-state index is 0.333. The minimum Gasteiger partial charge on any atom is -0.478 e. The Bertz CT molecular complexity index is 391. The van der Waals surface area contributed by atoms with Crippen molar-refractivity contribution < 1.29 is 9.90 Å². The first-order valence-electron chi connectivity index (χ1n) is 5.29. The van der Waals surface area contributed by atoms with E-state index in [2.05, 4.69) is 25.8 Å². The molecule has 0 amide bonds. The molecule has 0 spiro atoms. The standard InChI is InChI=1S/C12H17NO2S/c1-7(2)9(4)16-11-10(12(14)15)8(3)5-6-13-11/h5-7,9H,1-4H3,(H,14,15). The van der Waals surface area contributed by atoms with Crippen molar-refractivity contribution in [3.63, 3.8) is 0 Å². The predicted molar refractivity (Wildman–Crippen MR) is 66.1 cm³/mol. The highest BCUT2D eigenvalue weighted by Gasteiger charge is 2.18. The second-order valence-electron chi connectivity index (χ2n) is 4.18. The maximum absolute atomic E-state index is 11.1. The van der Waals surface area contributed by atoms with Crippen LogP contribution in [0, 0.1) is 12.8 Å². The molecule has 1 unspecified atom stereocenters. The SMILES string of the molecule is Cc1ccnc(SC(C)C(C)C)c1C(=O)O. The van der Waals surface area contributed by atoms with Crippen LogP contribution in [0.4, 0.5) is 0 Å². The van der Waals surface area contributed by atoms with E-state index in [9.17, 15) is 4.79 Å². The molecule has 0 aromatic carbocycles. The highest BCUT2D eigenvalue weighted by atomic mass is 32.2. The molecule has 1 rings (SSSR count). The van der Waals surface area contributed by atoms with Crippen LogP contribution in [0.2, 0.25) is 0 Å². The number of aryl methyl sites for hydroxylation is 1. The smallest absolute Gasteiger partial charge is 0.338 e. The van der Waals surface area contributed by atoms with Gasteiger partial charge in [-0.3, -0.25) is 0 Å². The fourth-order valence-corrected chi connectivity index (χ4v) is 2.31. The number of rotatable bonds is 4. The van der Waals surface area contributed by atoms with Crippen LogP contribution in [0.15, 0.2) is 17.3 Å². The van der Waals surface area contributed by atoms with E-state index in [0.717, 1.165) is 5.56 Å². The van der Waals surface area contributed by atoms with Crippen LogP contribution in [0.3, 0.4) is 0 Å². The van der Waals surface area contributed by atoms with Gasteiger partial charge in [0.05, 0.1) is 5.56 Å². The van der Waals surface area contributed by atoms with E-state index in [1.54, 1.807) is 19.2 Å². The first kappa shape index (κ1) is 13.0. The summed E-state index contributed by atoms with van der Waals surface area (Å²) in [6, 6.07) is 1.73. The average molecular weight is 239 g/mol. The number of carboxylic acid groups (broad SMARTS) is 1. The molecule has 0 aliphatic rings. The van der Waals surface area contributed by atoms with Gasteiger partial charge in [-0.05, 0) is 24.5 Å². The number of nitrogens with zero attached hydrogens (tertiary/aromatic N) is 1. The molecule has 1 aromatic rings. The Balaban J connectivity index is 3.04. The number of hydrogen-bond donors (Lipinski definition) is 1. The number of thioether (sulfide) groups is 1. The lowest BCUT2D eigenvalue weighted by Crippen LogP contribution is -2.09. The van der Waals surface area contributed by atoms with Crippen molar-refractivity contribution in [2.75, 3.05) is 0 Å². The Morgan fingerprint density at radius 3 is 2.56 bits per heavy atom. The van der Waals surface area contributed by atoms with Gasteiger partial charge >= 0.3 is 5.97 Å². The Hall–Kier alpha value is -1.03. The molecule has 0 aliphatic carbocycles. The number of carboxylic acids is 1. The maximum Gasteiger partial charge on any atom is 0.338 e. The summed E-state index contributed by atoms with van der Waals surface area (Å²) in [6.07, 6.45) is 1.66. The number of aromatic nitrogens is 1. The highest BCUT2D eigenvalue weighted by molar-refractivity contribution is 7.99. The molecule has 1 atom stereocenters. The van der Waals surface area contributed by atoms with Crippen LogP contribution in [0.25, 0.3) is 0 Å². The number of hydrogen-bond acceptors (Lipinski definition) is 3. The second kappa shape index (κ2) is 5.34. The summed E-state index contributed by atoms with van der Waals surface area (Å²) >= 11 is 1.53. The van der Waals surface area contributed by atoms with E-state index >= 15 is 0 Å². The summed E-state index contributed by atoms with van der Waals surface area (Å²) in [5, 5.41) is 10.1. The van der Waals surface area contributed by atoms with Gasteiger partial charge in [-0.1, -0.05) is 20.8 Å². The van der Waals surface area contributed by atoms with Gasteiger partial charge in [0, 0.05) is 11.4 Å². The molecule has 0 saturated carbocycles. The molecule has 1 aromatic heterocycles. The Kier molecular flexibility index (Phi) is 4.35. The van der Waals surface area contributed by atoms with E-state index in [0.29, 0.717) is 21.8 Å². The lowest BCUT2D eigenvalue weighted by Gasteiger charge is -2.16. The zero-order valence-electron chi connectivity index (χ0n) is 10.0. The van der Waals surface area contributed by atoms with Crippen molar-refractivity contribution in [2.24, 2.45) is 5.92 Å². The normalized spacial score (nSPS) is 12.8. The van der Waals surface area contributed by atoms with E-state index in [4.69, 9.17) is 5.11 Å². The van der Waals surface area contributed by atoms with Crippen molar-refractivity contribution in [1.82, 2.24) is 4.98 Å². The summed E-state index contributed by atoms with van der Waals surface area (Å²) in [5.41, 5.74) is 1.10. The van der Waals surface area contributed by atoms with Crippen molar-refractivity contribution in [3.05, 3.63) is 23.4 Å². The van der Waals surface area contributed by atoms with Gasteiger partial charge in [-0.2, -0.15) is 0 Å². The molecule has 0 radical (unpaired) electrons. The van der Waals surface area contributed by atoms with Gasteiger partial charge in [-0.25, -0.2) is 9.78 Å². The molecule has 4 heteroatoms. The zero-order chi connectivity index (χ0) is 12.3. The van der Waals surface area contributed by atoms with Gasteiger partial charge in [0.15, 0.2) is 0 Å². The molecule has 0 fully saturated rings. The third kappa shape index (κ3) is 2.98. The molecule has 88 valence electrons. The number of aromatic carboxylic acids is 1.